The molecule has 2 aliphatic rings. The molecule has 16 heteroatoms. The second kappa shape index (κ2) is 15.6. The third kappa shape index (κ3) is 9.72. The van der Waals surface area contributed by atoms with Crippen LogP contribution in [0.25, 0.3) is 5.73 Å². The number of hydrogen-bond acceptors (Lipinski definition) is 12. The van der Waals surface area contributed by atoms with Gasteiger partial charge in [-0.25, -0.2) is 4.79 Å². The minimum atomic E-state index is -1.71. The summed E-state index contributed by atoms with van der Waals surface area (Å²) >= 11 is 0. The monoisotopic (exact) mass is 511 g/mol. The number of rotatable bonds is 3. The van der Waals surface area contributed by atoms with Crippen LogP contribution in [0, 0.1) is 0 Å². The van der Waals surface area contributed by atoms with Crippen LogP contribution in [0.5, 0.6) is 0 Å². The van der Waals surface area contributed by atoms with E-state index < -0.39 is 79.5 Å². The van der Waals surface area contributed by atoms with Crippen LogP contribution in [0.1, 0.15) is 6.92 Å². The van der Waals surface area contributed by atoms with Crippen molar-refractivity contribution in [1.29, 1.82) is 0 Å². The van der Waals surface area contributed by atoms with Gasteiger partial charge in [0.05, 0.1) is 19.3 Å². The third-order valence-corrected chi connectivity index (χ3v) is 3.34. The first-order chi connectivity index (χ1) is 12.9. The van der Waals surface area contributed by atoms with Crippen molar-refractivity contribution in [3.8, 4) is 0 Å². The van der Waals surface area contributed by atoms with Gasteiger partial charge in [-0.3, -0.25) is 4.79 Å². The summed E-state index contributed by atoms with van der Waals surface area (Å²) in [5.41, 5.74) is 7.05. The Morgan fingerprint density at radius 3 is 2.07 bits per heavy atom. The van der Waals surface area contributed by atoms with Crippen molar-refractivity contribution in [3.05, 3.63) is 17.3 Å². The first kappa shape index (κ1) is 33.4. The minimum absolute atomic E-state index is 0. The molecule has 0 amide bonds. The number of aliphatic hydroxyl groups is 6. The molecule has 2 heterocycles. The Morgan fingerprint density at radius 2 is 1.73 bits per heavy atom. The molecule has 0 aromatic carbocycles. The molecule has 1 radical (unpaired) electrons. The van der Waals surface area contributed by atoms with Gasteiger partial charge in [0, 0.05) is 12.7 Å². The van der Waals surface area contributed by atoms with Gasteiger partial charge in [0.15, 0.2) is 6.10 Å². The van der Waals surface area contributed by atoms with Crippen LogP contribution in [0.15, 0.2) is 11.5 Å². The Labute approximate surface area is 187 Å². The van der Waals surface area contributed by atoms with Gasteiger partial charge in [0.25, 0.3) is 5.97 Å². The largest absolute Gasteiger partial charge is 2.00 e. The van der Waals surface area contributed by atoms with E-state index in [2.05, 4.69) is 9.47 Å². The molecule has 2 aliphatic heterocycles. The molecule has 0 aliphatic carbocycles. The van der Waals surface area contributed by atoms with Crippen LogP contribution < -0.4 is 10.2 Å². The summed E-state index contributed by atoms with van der Waals surface area (Å²) < 4.78 is 8.78. The Balaban J connectivity index is -0.000000391. The van der Waals surface area contributed by atoms with Gasteiger partial charge in [-0.2, -0.15) is 0 Å². The zero-order valence-electron chi connectivity index (χ0n) is 15.2. The third-order valence-electron chi connectivity index (χ3n) is 3.34. The van der Waals surface area contributed by atoms with Gasteiger partial charge in [0.2, 0.25) is 0 Å². The van der Waals surface area contributed by atoms with Crippen molar-refractivity contribution in [2.75, 3.05) is 13.2 Å². The fourth-order valence-corrected chi connectivity index (χ4v) is 1.90. The topological polar surface area (TPSA) is 264 Å². The molecule has 0 saturated carbocycles. The number of aliphatic hydroxyl groups excluding tert-OH is 6. The molecule has 2 rings (SSSR count). The van der Waals surface area contributed by atoms with Gasteiger partial charge in [-0.05, 0) is 6.29 Å². The molecule has 30 heavy (non-hydrogen) atoms. The van der Waals surface area contributed by atoms with E-state index in [9.17, 15) is 15.0 Å². The summed E-state index contributed by atoms with van der Waals surface area (Å²) in [5, 5.41) is 81.8. The van der Waals surface area contributed by atoms with E-state index in [1.807, 2.05) is 0 Å². The predicted octanol–water partition coefficient (Wildman–Crippen LogP) is -4.89. The zero-order chi connectivity index (χ0) is 22.2. The van der Waals surface area contributed by atoms with Gasteiger partial charge in [-0.15, -0.1) is 12.4 Å². The molecular weight excluding hydrogens is 489 g/mol. The van der Waals surface area contributed by atoms with Gasteiger partial charge in [-0.1, -0.05) is 6.04 Å². The fraction of sp³-hybridized carbons (Fsp3) is 0.714. The molecule has 181 valence electrons. The van der Waals surface area contributed by atoms with Crippen LogP contribution >= 0.6 is 12.4 Å². The van der Waals surface area contributed by atoms with Crippen molar-refractivity contribution < 1.29 is 82.1 Å². The first-order valence-electron chi connectivity index (χ1n) is 7.67. The van der Waals surface area contributed by atoms with Crippen molar-refractivity contribution in [2.45, 2.75) is 49.8 Å². The summed E-state index contributed by atoms with van der Waals surface area (Å²) in [5.74, 6) is -4.08. The number of ether oxygens (including phenoxy) is 2. The first-order valence-corrected chi connectivity index (χ1v) is 7.67. The second-order valence-corrected chi connectivity index (χ2v) is 5.54. The quantitative estimate of drug-likeness (QED) is 0.138. The summed E-state index contributed by atoms with van der Waals surface area (Å²) in [7, 11) is 0. The molecule has 0 bridgehead atoms. The van der Waals surface area contributed by atoms with Crippen molar-refractivity contribution in [3.63, 3.8) is 0 Å². The Kier molecular flexibility index (Phi) is 17.3. The molecule has 0 aromatic heterocycles. The Morgan fingerprint density at radius 1 is 1.27 bits per heavy atom. The summed E-state index contributed by atoms with van der Waals surface area (Å²) in [6.45, 7) is -0.154. The smallest absolute Gasteiger partial charge is 0.865 e. The van der Waals surface area contributed by atoms with Crippen LogP contribution in [0.4, 0.5) is 0 Å². The number of carbonyl (C=O) groups excluding carboxylic acids is 1. The molecule has 1 saturated heterocycles. The molecule has 7 unspecified atom stereocenters. The average Bonchev–Trinajstić information content (AvgIpc) is 2.89. The molecule has 14 nitrogen and oxygen atoms in total. The van der Waals surface area contributed by atoms with Crippen molar-refractivity contribution in [1.82, 2.24) is 0 Å². The van der Waals surface area contributed by atoms with Crippen LogP contribution in [-0.2, 0) is 36.1 Å². The van der Waals surface area contributed by atoms with Gasteiger partial charge >= 0.3 is 23.0 Å². The number of nitrogens with one attached hydrogen (secondary N) is 1. The standard InChI is InChI=1S/C6H11NO5.C6H8O6.C2H4O2.ClH.Cu/c7-3-5(10)4(9)2(1-8)12-6(3)11;7-1-2(8)5-3(9)4(10)6(11)12-5;1-2(3)4;;/h2-10H,1H2;2,5,7-10H,1H2;1H3,(H,3,4);1H;/q-2;;;;+2/p-1. The predicted molar refractivity (Wildman–Crippen MR) is 89.1 cm³/mol. The Bertz CT molecular complexity index is 557. The molecule has 1 fully saturated rings. The van der Waals surface area contributed by atoms with Gasteiger partial charge < -0.3 is 61.2 Å². The van der Waals surface area contributed by atoms with E-state index >= 15 is 0 Å². The molecule has 7 atom stereocenters. The van der Waals surface area contributed by atoms with Crippen LogP contribution in [0.3, 0.4) is 0 Å². The maximum absolute atomic E-state index is 10.8. The summed E-state index contributed by atoms with van der Waals surface area (Å²) in [6.07, 6.45) is -8.47. The summed E-state index contributed by atoms with van der Waals surface area (Å²) in [4.78, 5) is 19.5. The molecule has 8 N–H and O–H groups in total. The molecule has 0 aromatic rings. The maximum atomic E-state index is 10.8. The maximum Gasteiger partial charge on any atom is 2.00 e. The van der Waals surface area contributed by atoms with E-state index in [4.69, 9.17) is 46.3 Å². The average molecular weight is 512 g/mol. The number of cyclic esters (lactones) is 1. The number of aliphatic carboxylic acids is 1. The summed E-state index contributed by atoms with van der Waals surface area (Å²) in [6, 6.07) is -1.40. The van der Waals surface area contributed by atoms with Gasteiger partial charge in [0.1, 0.15) is 24.1 Å². The van der Waals surface area contributed by atoms with Crippen LogP contribution in [0.2, 0.25) is 0 Å². The van der Waals surface area contributed by atoms with E-state index in [1.165, 1.54) is 0 Å². The van der Waals surface area contributed by atoms with E-state index in [1.54, 1.807) is 0 Å². The number of esters is 1. The second-order valence-electron chi connectivity index (χ2n) is 5.54. The number of carboxylic acids is 1. The fourth-order valence-electron chi connectivity index (χ4n) is 1.90. The Hall–Kier alpha value is -1.23. The number of carboxylic acid groups (broad SMARTS) is 1. The molecular formula is C14H23ClCuNO13-. The number of hydrogen-bond donors (Lipinski definition) is 7. The van der Waals surface area contributed by atoms with E-state index in [0.29, 0.717) is 0 Å². The van der Waals surface area contributed by atoms with Crippen LogP contribution in [-0.4, -0.2) is 104 Å². The van der Waals surface area contributed by atoms with E-state index in [-0.39, 0.29) is 29.5 Å². The normalized spacial score (nSPS) is 30.9. The van der Waals surface area contributed by atoms with Crippen molar-refractivity contribution in [2.24, 2.45) is 0 Å². The number of halogens is 1. The SMILES string of the molecule is CC(=O)O.Cl.O=C1OC(C(O)CO)C(O)=C1[O-].[Cu+2].[NH-]C1C([O-])OC(CO)C(O)C1O. The minimum Gasteiger partial charge on any atom is -0.865 e. The zero-order valence-corrected chi connectivity index (χ0v) is 17.0. The van der Waals surface area contributed by atoms with E-state index in [0.717, 1.165) is 6.92 Å². The molecule has 0 spiro atoms. The number of carbonyl (C=O) groups is 2. The van der Waals surface area contributed by atoms with Crippen molar-refractivity contribution >= 4 is 24.3 Å².